The number of aromatic nitrogens is 2. The van der Waals surface area contributed by atoms with Crippen LogP contribution in [0.5, 0.6) is 0 Å². The molecule has 5 rings (SSSR count). The number of hydrogen-bond donors (Lipinski definition) is 5. The molecule has 2 amide bonds. The van der Waals surface area contributed by atoms with Crippen molar-refractivity contribution in [3.8, 4) is 22.5 Å². The van der Waals surface area contributed by atoms with E-state index >= 15 is 0 Å². The van der Waals surface area contributed by atoms with Gasteiger partial charge in [0.1, 0.15) is 5.69 Å². The van der Waals surface area contributed by atoms with Gasteiger partial charge in [0.05, 0.1) is 43.8 Å². The second-order valence-corrected chi connectivity index (χ2v) is 8.96. The molecule has 5 N–H and O–H groups in total. The van der Waals surface area contributed by atoms with Crippen LogP contribution >= 0.6 is 0 Å². The molecule has 1 unspecified atom stereocenters. The maximum Gasteiger partial charge on any atom is 0.333 e. The van der Waals surface area contributed by atoms with Crippen molar-refractivity contribution in [2.45, 2.75) is 12.6 Å². The second-order valence-electron chi connectivity index (χ2n) is 8.96. The minimum Gasteiger partial charge on any atom is -0.395 e. The van der Waals surface area contributed by atoms with E-state index in [-0.39, 0.29) is 25.2 Å². The van der Waals surface area contributed by atoms with E-state index in [4.69, 9.17) is 4.74 Å². The van der Waals surface area contributed by atoms with Gasteiger partial charge < -0.3 is 20.5 Å². The molecular formula is C26H29N7O4. The van der Waals surface area contributed by atoms with Crippen molar-refractivity contribution in [3.63, 3.8) is 0 Å². The van der Waals surface area contributed by atoms with Gasteiger partial charge in [-0.15, -0.1) is 0 Å². The van der Waals surface area contributed by atoms with Crippen molar-refractivity contribution >= 4 is 17.3 Å². The van der Waals surface area contributed by atoms with E-state index in [1.165, 1.54) is 0 Å². The largest absolute Gasteiger partial charge is 0.395 e. The molecule has 0 saturated carbocycles. The number of nitroso groups, excluding NO2 is 1. The van der Waals surface area contributed by atoms with Crippen molar-refractivity contribution in [2.24, 2.45) is 5.18 Å². The van der Waals surface area contributed by atoms with E-state index in [0.717, 1.165) is 44.8 Å². The number of anilines is 1. The number of amides is 2. The van der Waals surface area contributed by atoms with Crippen LogP contribution in [0.15, 0.2) is 54.2 Å². The Morgan fingerprint density at radius 2 is 1.97 bits per heavy atom. The molecule has 37 heavy (non-hydrogen) atoms. The van der Waals surface area contributed by atoms with Crippen LogP contribution in [-0.2, 0) is 11.3 Å². The topological polar surface area (TPSA) is 144 Å². The van der Waals surface area contributed by atoms with Crippen molar-refractivity contribution in [3.05, 3.63) is 70.6 Å². The Kier molecular flexibility index (Phi) is 7.37. The Balaban J connectivity index is 1.32. The summed E-state index contributed by atoms with van der Waals surface area (Å²) < 4.78 is 5.33. The van der Waals surface area contributed by atoms with Gasteiger partial charge in [-0.25, -0.2) is 9.80 Å². The minimum absolute atomic E-state index is 0.0163. The molecule has 2 aromatic carbocycles. The lowest BCUT2D eigenvalue weighted by Crippen LogP contribution is -2.49. The first-order valence-electron chi connectivity index (χ1n) is 12.1. The second kappa shape index (κ2) is 11.0. The number of ether oxygens (including phenoxy) is 1. The maximum absolute atomic E-state index is 12.7. The van der Waals surface area contributed by atoms with Gasteiger partial charge in [0.2, 0.25) is 0 Å². The number of H-pyrrole nitrogens is 1. The first-order chi connectivity index (χ1) is 18.1. The zero-order valence-corrected chi connectivity index (χ0v) is 20.3. The Hall–Kier alpha value is -3.90. The SMILES string of the molecule is C=C1c2c(NC(=O)NN3CCOCC3)cccc2-c2[nH]nc(-c3ccc(CNC(CO)CN=O)cc3)c21. The molecule has 3 aromatic rings. The predicted octanol–water partition coefficient (Wildman–Crippen LogP) is 2.70. The number of aliphatic hydroxyl groups excluding tert-OH is 1. The van der Waals surface area contributed by atoms with E-state index in [2.05, 4.69) is 38.0 Å². The van der Waals surface area contributed by atoms with Crippen LogP contribution in [-0.4, -0.2) is 71.8 Å². The molecule has 0 bridgehead atoms. The summed E-state index contributed by atoms with van der Waals surface area (Å²) in [5, 5.41) is 27.8. The van der Waals surface area contributed by atoms with E-state index in [1.54, 1.807) is 0 Å². The monoisotopic (exact) mass is 503 g/mol. The molecule has 11 heteroatoms. The lowest BCUT2D eigenvalue weighted by atomic mass is 10.00. The third-order valence-corrected chi connectivity index (χ3v) is 6.56. The zero-order chi connectivity index (χ0) is 25.8. The molecule has 1 fully saturated rings. The number of hydrogen-bond acceptors (Lipinski definition) is 8. The number of carbonyl (C=O) groups is 1. The normalized spacial score (nSPS) is 15.6. The number of urea groups is 1. The highest BCUT2D eigenvalue weighted by atomic mass is 16.5. The standard InChI is InChI=1S/C26H29N7O4/c1-16-22-20(3-2-4-21(22)29-26(35)32-33-9-11-37-12-10-33)25-23(16)24(30-31-25)18-7-5-17(6-8-18)13-27-19(15-34)14-28-36/h2-8,19,27,34H,1,9-15H2,(H,30,31)(H2,29,32,35). The van der Waals surface area contributed by atoms with Crippen LogP contribution in [0.4, 0.5) is 10.5 Å². The number of hydrazine groups is 1. The number of fused-ring (bicyclic) bond motifs is 3. The minimum atomic E-state index is -0.368. The molecule has 1 aliphatic carbocycles. The number of carbonyl (C=O) groups excluding carboxylic acids is 1. The number of aromatic amines is 1. The molecular weight excluding hydrogens is 474 g/mol. The highest BCUT2D eigenvalue weighted by Gasteiger charge is 2.31. The van der Waals surface area contributed by atoms with Gasteiger partial charge in [0.15, 0.2) is 0 Å². The summed E-state index contributed by atoms with van der Waals surface area (Å²) in [5.41, 5.74) is 10.6. The lowest BCUT2D eigenvalue weighted by Gasteiger charge is -2.27. The van der Waals surface area contributed by atoms with Crippen LogP contribution in [0.3, 0.4) is 0 Å². The Labute approximate surface area is 213 Å². The molecule has 1 aromatic heterocycles. The Morgan fingerprint density at radius 3 is 2.70 bits per heavy atom. The van der Waals surface area contributed by atoms with Gasteiger partial charge in [0.25, 0.3) is 0 Å². The first kappa shape index (κ1) is 24.8. The summed E-state index contributed by atoms with van der Waals surface area (Å²) in [6.45, 7) is 7.15. The van der Waals surface area contributed by atoms with Crippen LogP contribution in [0.25, 0.3) is 28.1 Å². The third kappa shape index (κ3) is 5.16. The fraction of sp³-hybridized carbons (Fsp3) is 0.308. The fourth-order valence-electron chi connectivity index (χ4n) is 4.64. The summed E-state index contributed by atoms with van der Waals surface area (Å²) in [4.78, 5) is 23.1. The van der Waals surface area contributed by atoms with E-state index in [1.807, 2.05) is 47.5 Å². The number of nitrogens with zero attached hydrogens (tertiary/aromatic N) is 3. The van der Waals surface area contributed by atoms with Gasteiger partial charge in [0, 0.05) is 41.9 Å². The molecule has 0 radical (unpaired) electrons. The molecule has 11 nitrogen and oxygen atoms in total. The van der Waals surface area contributed by atoms with Crippen LogP contribution < -0.4 is 16.1 Å². The zero-order valence-electron chi connectivity index (χ0n) is 20.3. The van der Waals surface area contributed by atoms with E-state index in [9.17, 15) is 14.8 Å². The molecule has 1 aliphatic heterocycles. The van der Waals surface area contributed by atoms with Crippen molar-refractivity contribution in [2.75, 3.05) is 44.8 Å². The van der Waals surface area contributed by atoms with Crippen LogP contribution in [0, 0.1) is 4.91 Å². The van der Waals surface area contributed by atoms with Crippen molar-refractivity contribution in [1.29, 1.82) is 0 Å². The quantitative estimate of drug-likeness (QED) is 0.221. The van der Waals surface area contributed by atoms with Gasteiger partial charge >= 0.3 is 6.03 Å². The van der Waals surface area contributed by atoms with Gasteiger partial charge in [-0.3, -0.25) is 10.5 Å². The molecule has 1 atom stereocenters. The van der Waals surface area contributed by atoms with Gasteiger partial charge in [-0.1, -0.05) is 48.2 Å². The van der Waals surface area contributed by atoms with Gasteiger partial charge in [-0.2, -0.15) is 10.0 Å². The number of morpholine rings is 1. The summed E-state index contributed by atoms with van der Waals surface area (Å²) in [6.07, 6.45) is 0. The number of aliphatic hydroxyl groups is 1. The summed E-state index contributed by atoms with van der Waals surface area (Å²) in [5.74, 6) is 0. The highest BCUT2D eigenvalue weighted by Crippen LogP contribution is 2.49. The Bertz CT molecular complexity index is 1300. The summed E-state index contributed by atoms with van der Waals surface area (Å²) >= 11 is 0. The number of nitrogens with one attached hydrogen (secondary N) is 4. The van der Waals surface area contributed by atoms with E-state index in [0.29, 0.717) is 38.5 Å². The predicted molar refractivity (Wildman–Crippen MR) is 141 cm³/mol. The molecule has 2 aliphatic rings. The summed E-state index contributed by atoms with van der Waals surface area (Å²) in [7, 11) is 0. The van der Waals surface area contributed by atoms with E-state index < -0.39 is 0 Å². The molecule has 2 heterocycles. The van der Waals surface area contributed by atoms with Crippen LogP contribution in [0.1, 0.15) is 16.7 Å². The van der Waals surface area contributed by atoms with Crippen molar-refractivity contribution in [1.82, 2.24) is 25.9 Å². The average Bonchev–Trinajstić information content (AvgIpc) is 3.47. The lowest BCUT2D eigenvalue weighted by molar-refractivity contribution is 0.0207. The fourth-order valence-corrected chi connectivity index (χ4v) is 4.64. The van der Waals surface area contributed by atoms with Crippen LogP contribution in [0.2, 0.25) is 0 Å². The van der Waals surface area contributed by atoms with Crippen molar-refractivity contribution < 1.29 is 14.6 Å². The molecule has 192 valence electrons. The maximum atomic E-state index is 12.7. The highest BCUT2D eigenvalue weighted by molar-refractivity contribution is 6.08. The molecule has 1 saturated heterocycles. The Morgan fingerprint density at radius 1 is 1.19 bits per heavy atom. The first-order valence-corrected chi connectivity index (χ1v) is 12.1. The number of rotatable bonds is 9. The van der Waals surface area contributed by atoms with Gasteiger partial charge in [-0.05, 0) is 17.2 Å². The molecule has 0 spiro atoms. The smallest absolute Gasteiger partial charge is 0.333 e. The number of benzene rings is 2. The average molecular weight is 504 g/mol. The third-order valence-electron chi connectivity index (χ3n) is 6.56. The summed E-state index contributed by atoms with van der Waals surface area (Å²) in [6, 6.07) is 13.0.